The van der Waals surface area contributed by atoms with Crippen molar-refractivity contribution in [2.45, 2.75) is 232 Å². The molecule has 0 aromatic carbocycles. The second kappa shape index (κ2) is 40.8. The summed E-state index contributed by atoms with van der Waals surface area (Å²) in [5.41, 5.74) is 0. The zero-order valence-corrected chi connectivity index (χ0v) is 36.0. The van der Waals surface area contributed by atoms with E-state index in [1.807, 2.05) is 6.92 Å². The SMILES string of the molecule is CCCCCCCCCCC#CC#CCCCCCCCCC(=O)O[C@H](COC(=O)CCCCCCCCCCCCCCC)COP(=O)(O)OCCC. The molecular formula is C45H81O8P. The van der Waals surface area contributed by atoms with Crippen molar-refractivity contribution in [3.8, 4) is 23.7 Å². The first-order valence-electron chi connectivity index (χ1n) is 22.3. The molecule has 0 heterocycles. The number of hydrogen-bond acceptors (Lipinski definition) is 7. The van der Waals surface area contributed by atoms with Crippen LogP contribution in [0.3, 0.4) is 0 Å². The fourth-order valence-corrected chi connectivity index (χ4v) is 6.92. The summed E-state index contributed by atoms with van der Waals surface area (Å²) in [5, 5.41) is 0. The highest BCUT2D eigenvalue weighted by Crippen LogP contribution is 2.43. The van der Waals surface area contributed by atoms with E-state index in [9.17, 15) is 19.0 Å². The van der Waals surface area contributed by atoms with Crippen LogP contribution < -0.4 is 0 Å². The summed E-state index contributed by atoms with van der Waals surface area (Å²) >= 11 is 0. The first kappa shape index (κ1) is 52.2. The first-order valence-corrected chi connectivity index (χ1v) is 23.8. The molecule has 0 rings (SSSR count). The van der Waals surface area contributed by atoms with Gasteiger partial charge in [-0.15, -0.1) is 0 Å². The van der Waals surface area contributed by atoms with Crippen LogP contribution in [0.5, 0.6) is 0 Å². The normalized spacial score (nSPS) is 12.6. The Kier molecular flexibility index (Phi) is 39.4. The van der Waals surface area contributed by atoms with Crippen LogP contribution in [0.2, 0.25) is 0 Å². The van der Waals surface area contributed by atoms with Crippen molar-refractivity contribution in [1.82, 2.24) is 0 Å². The number of hydrogen-bond donors (Lipinski definition) is 1. The van der Waals surface area contributed by atoms with Crippen LogP contribution in [0, 0.1) is 23.7 Å². The van der Waals surface area contributed by atoms with Gasteiger partial charge >= 0.3 is 19.8 Å². The maximum absolute atomic E-state index is 12.6. The molecule has 8 nitrogen and oxygen atoms in total. The Labute approximate surface area is 332 Å². The molecule has 9 heteroatoms. The van der Waals surface area contributed by atoms with E-state index < -0.39 is 26.5 Å². The third-order valence-corrected chi connectivity index (χ3v) is 10.4. The fourth-order valence-electron chi connectivity index (χ4n) is 6.08. The molecule has 0 saturated carbocycles. The summed E-state index contributed by atoms with van der Waals surface area (Å²) < 4.78 is 33.0. The van der Waals surface area contributed by atoms with Crippen molar-refractivity contribution < 1.29 is 37.6 Å². The number of unbranched alkanes of at least 4 members (excludes halogenated alkanes) is 26. The van der Waals surface area contributed by atoms with E-state index in [-0.39, 0.29) is 32.0 Å². The number of rotatable bonds is 39. The van der Waals surface area contributed by atoms with Crippen LogP contribution in [-0.4, -0.2) is 42.8 Å². The monoisotopic (exact) mass is 781 g/mol. The number of carbonyl (C=O) groups excluding carboxylic acids is 2. The zero-order valence-electron chi connectivity index (χ0n) is 35.1. The Morgan fingerprint density at radius 2 is 0.889 bits per heavy atom. The lowest BCUT2D eigenvalue weighted by atomic mass is 10.0. The molecule has 0 spiro atoms. The Balaban J connectivity index is 4.17. The van der Waals surface area contributed by atoms with Gasteiger partial charge in [-0.05, 0) is 43.9 Å². The first-order chi connectivity index (χ1) is 26.3. The number of carbonyl (C=O) groups is 2. The molecule has 0 aromatic heterocycles. The van der Waals surface area contributed by atoms with Gasteiger partial charge in [-0.1, -0.05) is 180 Å². The van der Waals surface area contributed by atoms with E-state index in [2.05, 4.69) is 37.5 Å². The molecule has 54 heavy (non-hydrogen) atoms. The third-order valence-electron chi connectivity index (χ3n) is 9.42. The van der Waals surface area contributed by atoms with E-state index in [1.165, 1.54) is 116 Å². The third kappa shape index (κ3) is 39.9. The highest BCUT2D eigenvalue weighted by molar-refractivity contribution is 7.47. The lowest BCUT2D eigenvalue weighted by Crippen LogP contribution is -2.29. The lowest BCUT2D eigenvalue weighted by Gasteiger charge is -2.20. The smallest absolute Gasteiger partial charge is 0.462 e. The van der Waals surface area contributed by atoms with Gasteiger partial charge in [0.15, 0.2) is 6.10 Å². The highest BCUT2D eigenvalue weighted by atomic mass is 31.2. The zero-order chi connectivity index (χ0) is 39.6. The minimum atomic E-state index is -4.30. The average molecular weight is 781 g/mol. The molecule has 1 N–H and O–H groups in total. The van der Waals surface area contributed by atoms with Gasteiger partial charge in [0.2, 0.25) is 0 Å². The van der Waals surface area contributed by atoms with Crippen LogP contribution in [0.1, 0.15) is 226 Å². The summed E-state index contributed by atoms with van der Waals surface area (Å²) in [4.78, 5) is 34.9. The van der Waals surface area contributed by atoms with Crippen molar-refractivity contribution >= 4 is 19.8 Å². The van der Waals surface area contributed by atoms with Crippen molar-refractivity contribution in [3.63, 3.8) is 0 Å². The minimum absolute atomic E-state index is 0.0634. The van der Waals surface area contributed by atoms with E-state index in [0.717, 1.165) is 64.2 Å². The van der Waals surface area contributed by atoms with Gasteiger partial charge in [0.1, 0.15) is 6.61 Å². The molecule has 0 aromatic rings. The maximum atomic E-state index is 12.6. The lowest BCUT2D eigenvalue weighted by molar-refractivity contribution is -0.161. The topological polar surface area (TPSA) is 108 Å². The maximum Gasteiger partial charge on any atom is 0.472 e. The van der Waals surface area contributed by atoms with Gasteiger partial charge in [-0.3, -0.25) is 18.6 Å². The summed E-state index contributed by atoms with van der Waals surface area (Å²) in [6.45, 7) is 5.74. The van der Waals surface area contributed by atoms with E-state index in [1.54, 1.807) is 0 Å². The summed E-state index contributed by atoms with van der Waals surface area (Å²) in [7, 11) is -4.30. The Morgan fingerprint density at radius 1 is 0.500 bits per heavy atom. The number of esters is 2. The highest BCUT2D eigenvalue weighted by Gasteiger charge is 2.25. The van der Waals surface area contributed by atoms with Crippen LogP contribution in [0.4, 0.5) is 0 Å². The van der Waals surface area contributed by atoms with Crippen LogP contribution in [-0.2, 0) is 32.7 Å². The second-order valence-corrected chi connectivity index (χ2v) is 16.3. The molecule has 2 atom stereocenters. The van der Waals surface area contributed by atoms with Crippen LogP contribution in [0.25, 0.3) is 0 Å². The molecule has 0 radical (unpaired) electrons. The Morgan fingerprint density at radius 3 is 1.31 bits per heavy atom. The van der Waals surface area contributed by atoms with Crippen LogP contribution >= 0.6 is 7.82 Å². The molecule has 0 amide bonds. The Hall–Kier alpha value is -1.83. The molecule has 0 saturated heterocycles. The van der Waals surface area contributed by atoms with Crippen LogP contribution in [0.15, 0.2) is 0 Å². The van der Waals surface area contributed by atoms with E-state index >= 15 is 0 Å². The molecule has 0 fully saturated rings. The fraction of sp³-hybridized carbons (Fsp3) is 0.867. The molecule has 0 bridgehead atoms. The number of phosphoric acid groups is 1. The largest absolute Gasteiger partial charge is 0.472 e. The van der Waals surface area contributed by atoms with E-state index in [0.29, 0.717) is 12.8 Å². The standard InChI is InChI=1S/C45H81O8P/c1-4-7-9-11-13-15-17-19-20-21-22-23-24-25-27-29-31-33-35-37-39-45(47)53-43(42-52-54(48,49)51-40-6-3)41-50-44(46)38-36-34-32-30-28-26-18-16-14-12-10-8-5-2/h43H,4-20,25-42H2,1-3H3,(H,48,49)/t43-/m1/s1. The van der Waals surface area contributed by atoms with Crippen molar-refractivity contribution in [2.75, 3.05) is 19.8 Å². The average Bonchev–Trinajstić information content (AvgIpc) is 3.16. The van der Waals surface area contributed by atoms with Gasteiger partial charge < -0.3 is 14.4 Å². The summed E-state index contributed by atoms with van der Waals surface area (Å²) in [5.74, 6) is 11.5. The molecular weight excluding hydrogens is 699 g/mol. The molecule has 0 aliphatic heterocycles. The van der Waals surface area contributed by atoms with E-state index in [4.69, 9.17) is 18.5 Å². The van der Waals surface area contributed by atoms with Gasteiger partial charge in [-0.25, -0.2) is 4.57 Å². The summed E-state index contributed by atoms with van der Waals surface area (Å²) in [6, 6.07) is 0. The van der Waals surface area contributed by atoms with Crippen molar-refractivity contribution in [1.29, 1.82) is 0 Å². The predicted molar refractivity (Wildman–Crippen MR) is 223 cm³/mol. The van der Waals surface area contributed by atoms with Crippen molar-refractivity contribution in [2.24, 2.45) is 0 Å². The van der Waals surface area contributed by atoms with Crippen molar-refractivity contribution in [3.05, 3.63) is 0 Å². The minimum Gasteiger partial charge on any atom is -0.462 e. The quantitative estimate of drug-likeness (QED) is 0.0284. The molecule has 1 unspecified atom stereocenters. The Bertz CT molecular complexity index is 1040. The summed E-state index contributed by atoms with van der Waals surface area (Å²) in [6.07, 6.45) is 34.1. The molecule has 0 aliphatic rings. The molecule has 314 valence electrons. The van der Waals surface area contributed by atoms with Gasteiger partial charge in [-0.2, -0.15) is 0 Å². The predicted octanol–water partition coefficient (Wildman–Crippen LogP) is 13.1. The number of ether oxygens (including phenoxy) is 2. The van der Waals surface area contributed by atoms with Gasteiger partial charge in [0, 0.05) is 25.7 Å². The van der Waals surface area contributed by atoms with Gasteiger partial charge in [0.25, 0.3) is 0 Å². The second-order valence-electron chi connectivity index (χ2n) is 14.8. The number of phosphoric ester groups is 1. The van der Waals surface area contributed by atoms with Gasteiger partial charge in [0.05, 0.1) is 13.2 Å². The molecule has 0 aliphatic carbocycles.